The number of fused-ring (bicyclic) bond motifs is 1. The lowest BCUT2D eigenvalue weighted by molar-refractivity contribution is 1.04. The fourth-order valence-electron chi connectivity index (χ4n) is 6.34. The van der Waals surface area contributed by atoms with Crippen molar-refractivity contribution < 1.29 is 0 Å². The van der Waals surface area contributed by atoms with E-state index in [1.807, 2.05) is 54.6 Å². The molecule has 0 saturated carbocycles. The van der Waals surface area contributed by atoms with Crippen molar-refractivity contribution in [2.45, 2.75) is 6.92 Å². The Hall–Kier alpha value is -6.53. The molecule has 0 aliphatic heterocycles. The third kappa shape index (κ3) is 5.15. The predicted molar refractivity (Wildman–Crippen MR) is 194 cm³/mol. The molecule has 0 bridgehead atoms. The second-order valence-corrected chi connectivity index (χ2v) is 11.4. The molecule has 0 fully saturated rings. The first-order chi connectivity index (χ1) is 23.7. The summed E-state index contributed by atoms with van der Waals surface area (Å²) in [5, 5.41) is 1.16. The molecule has 0 N–H and O–H groups in total. The summed E-state index contributed by atoms with van der Waals surface area (Å²) in [6, 6.07) is 45.3. The number of nitrogens with zero attached hydrogens (tertiary/aromatic N) is 6. The molecule has 0 spiro atoms. The minimum atomic E-state index is 0.482. The Labute approximate surface area is 278 Å². The summed E-state index contributed by atoms with van der Waals surface area (Å²) in [4.78, 5) is 24.0. The number of pyridine rings is 2. The zero-order chi connectivity index (χ0) is 32.5. The summed E-state index contributed by atoms with van der Waals surface area (Å²) in [6.45, 7) is 6.35. The molecule has 228 valence electrons. The number of para-hydroxylation sites is 1. The van der Waals surface area contributed by atoms with Gasteiger partial charge in [0.15, 0.2) is 17.5 Å². The second-order valence-electron chi connectivity index (χ2n) is 11.4. The Morgan fingerprint density at radius 1 is 0.542 bits per heavy atom. The Bertz CT molecular complexity index is 2280. The normalized spacial score (nSPS) is 11.1. The van der Waals surface area contributed by atoms with Crippen molar-refractivity contribution in [2.75, 3.05) is 0 Å². The maximum absolute atomic E-state index is 5.02. The molecule has 0 atom stereocenters. The van der Waals surface area contributed by atoms with Crippen LogP contribution in [0.4, 0.5) is 0 Å². The molecular weight excluding hydrogens is 589 g/mol. The third-order valence-electron chi connectivity index (χ3n) is 8.55. The third-order valence-corrected chi connectivity index (χ3v) is 8.55. The van der Waals surface area contributed by atoms with Gasteiger partial charge in [0.05, 0.1) is 11.2 Å². The molecule has 0 radical (unpaired) electrons. The van der Waals surface area contributed by atoms with Crippen LogP contribution in [0.3, 0.4) is 0 Å². The lowest BCUT2D eigenvalue weighted by atomic mass is 9.92. The lowest BCUT2D eigenvalue weighted by Crippen LogP contribution is -2.05. The van der Waals surface area contributed by atoms with E-state index in [9.17, 15) is 0 Å². The van der Waals surface area contributed by atoms with Gasteiger partial charge < -0.3 is 4.57 Å². The lowest BCUT2D eigenvalue weighted by Gasteiger charge is -2.21. The van der Waals surface area contributed by atoms with Crippen molar-refractivity contribution >= 4 is 17.0 Å². The smallest absolute Gasteiger partial charge is 0.182 e. The van der Waals surface area contributed by atoms with E-state index < -0.39 is 0 Å². The van der Waals surface area contributed by atoms with Gasteiger partial charge in [-0.15, -0.1) is 0 Å². The van der Waals surface area contributed by atoms with Gasteiger partial charge in [0, 0.05) is 45.7 Å². The highest BCUT2D eigenvalue weighted by atomic mass is 15.1. The minimum absolute atomic E-state index is 0.482. The highest BCUT2D eigenvalue weighted by Crippen LogP contribution is 2.43. The van der Waals surface area contributed by atoms with E-state index in [0.29, 0.717) is 28.9 Å². The van der Waals surface area contributed by atoms with E-state index >= 15 is 0 Å². The summed E-state index contributed by atoms with van der Waals surface area (Å²) < 4.78 is 2.37. The fraction of sp³-hybridized carbons (Fsp3) is 0.0238. The average Bonchev–Trinajstić information content (AvgIpc) is 3.45. The van der Waals surface area contributed by atoms with Crippen LogP contribution in [0, 0.1) is 6.92 Å². The number of benzene rings is 4. The Morgan fingerprint density at radius 2 is 1.04 bits per heavy atom. The molecule has 6 heteroatoms. The zero-order valence-electron chi connectivity index (χ0n) is 26.3. The van der Waals surface area contributed by atoms with Gasteiger partial charge in [0.1, 0.15) is 11.4 Å². The summed E-state index contributed by atoms with van der Waals surface area (Å²) in [6.07, 6.45) is 5.45. The van der Waals surface area contributed by atoms with E-state index in [1.54, 1.807) is 12.4 Å². The SMILES string of the molecule is C=Cc1c(C)n(-c2c(-c3ccccc3)cc(-c3nc(-c4ccccn4)nc(-c4ccccn4)n3)cc2-c2ccccc2)c2ccccc12. The standard InChI is InChI=1S/C42H30N6/c1-3-32-28(2)48(38-23-11-10-20-33(32)38)39-34(29-16-6-4-7-17-29)26-31(27-35(39)30-18-8-5-9-19-30)40-45-41(36-21-12-14-24-43-36)47-42(46-40)37-22-13-15-25-44-37/h3-27H,1H2,2H3. The Balaban J connectivity index is 1.48. The maximum Gasteiger partial charge on any atom is 0.182 e. The van der Waals surface area contributed by atoms with Crippen LogP contribution >= 0.6 is 0 Å². The van der Waals surface area contributed by atoms with Gasteiger partial charge in [-0.1, -0.05) is 104 Å². The van der Waals surface area contributed by atoms with E-state index in [4.69, 9.17) is 15.0 Å². The predicted octanol–water partition coefficient (Wildman–Crippen LogP) is 9.89. The Morgan fingerprint density at radius 3 is 1.56 bits per heavy atom. The Kier molecular flexibility index (Phi) is 7.43. The molecule has 6 nitrogen and oxygen atoms in total. The quantitative estimate of drug-likeness (QED) is 0.178. The van der Waals surface area contributed by atoms with Crippen molar-refractivity contribution in [3.05, 3.63) is 164 Å². The van der Waals surface area contributed by atoms with E-state index in [1.165, 1.54) is 0 Å². The minimum Gasteiger partial charge on any atom is -0.312 e. The van der Waals surface area contributed by atoms with Crippen LogP contribution in [-0.4, -0.2) is 29.5 Å². The van der Waals surface area contributed by atoms with Crippen molar-refractivity contribution in [3.63, 3.8) is 0 Å². The molecule has 4 aromatic carbocycles. The van der Waals surface area contributed by atoms with E-state index in [2.05, 4.69) is 113 Å². The van der Waals surface area contributed by atoms with Crippen molar-refractivity contribution in [2.24, 2.45) is 0 Å². The van der Waals surface area contributed by atoms with Crippen LogP contribution in [0.25, 0.3) is 79.3 Å². The molecule has 8 aromatic rings. The van der Waals surface area contributed by atoms with Crippen LogP contribution in [0.1, 0.15) is 11.3 Å². The highest BCUT2D eigenvalue weighted by Gasteiger charge is 2.23. The first-order valence-electron chi connectivity index (χ1n) is 15.8. The van der Waals surface area contributed by atoms with E-state index in [-0.39, 0.29) is 0 Å². The number of hydrogen-bond donors (Lipinski definition) is 0. The molecule has 4 aromatic heterocycles. The van der Waals surface area contributed by atoms with Gasteiger partial charge in [0.25, 0.3) is 0 Å². The molecule has 0 amide bonds. The first-order valence-corrected chi connectivity index (χ1v) is 15.8. The molecular formula is C42H30N6. The molecule has 0 unspecified atom stereocenters. The van der Waals surface area contributed by atoms with Crippen LogP contribution < -0.4 is 0 Å². The van der Waals surface area contributed by atoms with Crippen molar-refractivity contribution in [1.29, 1.82) is 0 Å². The van der Waals surface area contributed by atoms with Gasteiger partial charge in [-0.05, 0) is 60.5 Å². The monoisotopic (exact) mass is 618 g/mol. The topological polar surface area (TPSA) is 69.4 Å². The summed E-state index contributed by atoms with van der Waals surface area (Å²) in [5.74, 6) is 1.50. The summed E-state index contributed by atoms with van der Waals surface area (Å²) in [7, 11) is 0. The largest absolute Gasteiger partial charge is 0.312 e. The second kappa shape index (κ2) is 12.3. The summed E-state index contributed by atoms with van der Waals surface area (Å²) >= 11 is 0. The van der Waals surface area contributed by atoms with Gasteiger partial charge in [0.2, 0.25) is 0 Å². The maximum atomic E-state index is 5.02. The summed E-state index contributed by atoms with van der Waals surface area (Å²) in [5.41, 5.74) is 10.8. The molecule has 4 heterocycles. The zero-order valence-corrected chi connectivity index (χ0v) is 26.3. The van der Waals surface area contributed by atoms with Gasteiger partial charge in [-0.25, -0.2) is 15.0 Å². The van der Waals surface area contributed by atoms with Crippen LogP contribution in [0.15, 0.2) is 152 Å². The number of aromatic nitrogens is 6. The van der Waals surface area contributed by atoms with Gasteiger partial charge in [-0.3, -0.25) is 9.97 Å². The molecule has 8 rings (SSSR count). The number of rotatable bonds is 7. The van der Waals surface area contributed by atoms with Crippen LogP contribution in [0.2, 0.25) is 0 Å². The van der Waals surface area contributed by atoms with E-state index in [0.717, 1.165) is 55.7 Å². The average molecular weight is 619 g/mol. The van der Waals surface area contributed by atoms with Crippen LogP contribution in [-0.2, 0) is 0 Å². The molecule has 0 aliphatic rings. The first kappa shape index (κ1) is 28.9. The molecule has 48 heavy (non-hydrogen) atoms. The number of hydrogen-bond acceptors (Lipinski definition) is 5. The molecule has 0 saturated heterocycles. The van der Waals surface area contributed by atoms with Crippen molar-refractivity contribution in [1.82, 2.24) is 29.5 Å². The fourth-order valence-corrected chi connectivity index (χ4v) is 6.34. The van der Waals surface area contributed by atoms with Crippen molar-refractivity contribution in [3.8, 4) is 62.4 Å². The van der Waals surface area contributed by atoms with Gasteiger partial charge >= 0.3 is 0 Å². The van der Waals surface area contributed by atoms with Crippen LogP contribution in [0.5, 0.6) is 0 Å². The molecule has 0 aliphatic carbocycles. The van der Waals surface area contributed by atoms with Gasteiger partial charge in [-0.2, -0.15) is 0 Å². The highest BCUT2D eigenvalue weighted by molar-refractivity contribution is 5.97.